The van der Waals surface area contributed by atoms with E-state index in [0.29, 0.717) is 6.04 Å². The van der Waals surface area contributed by atoms with Crippen molar-refractivity contribution in [1.82, 2.24) is 5.32 Å². The van der Waals surface area contributed by atoms with Crippen LogP contribution in [-0.4, -0.2) is 18.5 Å². The molecule has 11 heavy (non-hydrogen) atoms. The Hall–Kier alpha value is 0.250. The minimum atomic E-state index is 0.575. The van der Waals surface area contributed by atoms with Crippen LogP contribution >= 0.6 is 11.6 Å². The number of nitrogens with one attached hydrogen (secondary N) is 1. The summed E-state index contributed by atoms with van der Waals surface area (Å²) in [5, 5.41) is 3.43. The second-order valence-electron chi connectivity index (χ2n) is 3.52. The molecule has 0 saturated heterocycles. The number of rotatable bonds is 6. The largest absolute Gasteiger partial charge is 0.314 e. The molecule has 0 radical (unpaired) electrons. The lowest BCUT2D eigenvalue weighted by atomic mass is 10.1. The van der Waals surface area contributed by atoms with Crippen LogP contribution in [0.4, 0.5) is 0 Å². The zero-order valence-electron chi connectivity index (χ0n) is 7.86. The molecule has 0 aliphatic heterocycles. The second kappa shape index (κ2) is 6.93. The topological polar surface area (TPSA) is 12.0 Å². The zero-order valence-corrected chi connectivity index (χ0v) is 8.62. The van der Waals surface area contributed by atoms with Gasteiger partial charge in [0.1, 0.15) is 0 Å². The Bertz CT molecular complexity index is 83.6. The van der Waals surface area contributed by atoms with Crippen molar-refractivity contribution in [2.24, 2.45) is 5.92 Å². The SMILES string of the molecule is CC(C)CCNC(C)CCCl. The van der Waals surface area contributed by atoms with Gasteiger partial charge in [0.2, 0.25) is 0 Å². The number of alkyl halides is 1. The van der Waals surface area contributed by atoms with E-state index in [4.69, 9.17) is 11.6 Å². The van der Waals surface area contributed by atoms with Crippen LogP contribution in [0.2, 0.25) is 0 Å². The Morgan fingerprint density at radius 1 is 1.18 bits per heavy atom. The highest BCUT2D eigenvalue weighted by atomic mass is 35.5. The highest BCUT2D eigenvalue weighted by Crippen LogP contribution is 1.98. The molecular weight excluding hydrogens is 158 g/mol. The lowest BCUT2D eigenvalue weighted by Gasteiger charge is -2.12. The molecule has 0 aromatic carbocycles. The van der Waals surface area contributed by atoms with Gasteiger partial charge in [0, 0.05) is 11.9 Å². The first-order valence-electron chi connectivity index (χ1n) is 4.46. The molecule has 0 spiro atoms. The molecule has 68 valence electrons. The molecule has 2 heteroatoms. The van der Waals surface area contributed by atoms with Crippen LogP contribution in [0.5, 0.6) is 0 Å². The summed E-state index contributed by atoms with van der Waals surface area (Å²) >= 11 is 5.60. The van der Waals surface area contributed by atoms with Gasteiger partial charge in [0.25, 0.3) is 0 Å². The van der Waals surface area contributed by atoms with Crippen LogP contribution in [0.1, 0.15) is 33.6 Å². The predicted octanol–water partition coefficient (Wildman–Crippen LogP) is 2.64. The third-order valence-electron chi connectivity index (χ3n) is 1.76. The fourth-order valence-corrected chi connectivity index (χ4v) is 1.21. The summed E-state index contributed by atoms with van der Waals surface area (Å²) in [4.78, 5) is 0. The molecule has 0 rings (SSSR count). The smallest absolute Gasteiger partial charge is 0.0238 e. The first kappa shape index (κ1) is 11.2. The summed E-state index contributed by atoms with van der Waals surface area (Å²) < 4.78 is 0. The maximum atomic E-state index is 5.60. The van der Waals surface area contributed by atoms with E-state index in [-0.39, 0.29) is 0 Å². The van der Waals surface area contributed by atoms with Gasteiger partial charge in [-0.1, -0.05) is 13.8 Å². The number of hydrogen-bond donors (Lipinski definition) is 1. The van der Waals surface area contributed by atoms with Gasteiger partial charge in [-0.2, -0.15) is 0 Å². The molecule has 1 unspecified atom stereocenters. The fourth-order valence-electron chi connectivity index (χ4n) is 0.884. The molecule has 1 atom stereocenters. The van der Waals surface area contributed by atoms with E-state index < -0.39 is 0 Å². The summed E-state index contributed by atoms with van der Waals surface area (Å²) in [6, 6.07) is 0.575. The van der Waals surface area contributed by atoms with Gasteiger partial charge < -0.3 is 5.32 Å². The van der Waals surface area contributed by atoms with Crippen LogP contribution in [0.3, 0.4) is 0 Å². The first-order valence-corrected chi connectivity index (χ1v) is 4.99. The second-order valence-corrected chi connectivity index (χ2v) is 3.89. The van der Waals surface area contributed by atoms with E-state index in [9.17, 15) is 0 Å². The van der Waals surface area contributed by atoms with E-state index in [0.717, 1.165) is 24.8 Å². The summed E-state index contributed by atoms with van der Waals surface area (Å²) in [6.07, 6.45) is 2.33. The molecule has 0 saturated carbocycles. The van der Waals surface area contributed by atoms with Gasteiger partial charge in [-0.25, -0.2) is 0 Å². The normalized spacial score (nSPS) is 13.9. The first-order chi connectivity index (χ1) is 5.16. The maximum absolute atomic E-state index is 5.60. The minimum Gasteiger partial charge on any atom is -0.314 e. The lowest BCUT2D eigenvalue weighted by molar-refractivity contribution is 0.481. The summed E-state index contributed by atoms with van der Waals surface area (Å²) in [6.45, 7) is 7.79. The Morgan fingerprint density at radius 3 is 2.27 bits per heavy atom. The average Bonchev–Trinajstić information content (AvgIpc) is 1.87. The van der Waals surface area contributed by atoms with Crippen LogP contribution in [0, 0.1) is 5.92 Å². The molecular formula is C9H20ClN. The third-order valence-corrected chi connectivity index (χ3v) is 1.97. The van der Waals surface area contributed by atoms with Crippen LogP contribution in [-0.2, 0) is 0 Å². The predicted molar refractivity (Wildman–Crippen MR) is 52.3 cm³/mol. The van der Waals surface area contributed by atoms with Gasteiger partial charge in [-0.3, -0.25) is 0 Å². The molecule has 0 fully saturated rings. The van der Waals surface area contributed by atoms with E-state index in [1.165, 1.54) is 6.42 Å². The van der Waals surface area contributed by atoms with Crippen molar-refractivity contribution in [3.8, 4) is 0 Å². The monoisotopic (exact) mass is 177 g/mol. The summed E-state index contributed by atoms with van der Waals surface area (Å²) in [5.74, 6) is 1.56. The molecule has 0 aromatic rings. The van der Waals surface area contributed by atoms with Gasteiger partial charge in [0.15, 0.2) is 0 Å². The number of hydrogen-bond acceptors (Lipinski definition) is 1. The average molecular weight is 178 g/mol. The van der Waals surface area contributed by atoms with Crippen LogP contribution in [0.15, 0.2) is 0 Å². The Balaban J connectivity index is 3.10. The highest BCUT2D eigenvalue weighted by Gasteiger charge is 1.99. The van der Waals surface area contributed by atoms with Crippen molar-refractivity contribution < 1.29 is 0 Å². The van der Waals surface area contributed by atoms with Crippen molar-refractivity contribution >= 4 is 11.6 Å². The van der Waals surface area contributed by atoms with Gasteiger partial charge in [0.05, 0.1) is 0 Å². The molecule has 0 amide bonds. The Morgan fingerprint density at radius 2 is 1.82 bits per heavy atom. The van der Waals surface area contributed by atoms with Gasteiger partial charge >= 0.3 is 0 Å². The van der Waals surface area contributed by atoms with E-state index in [1.807, 2.05) is 0 Å². The summed E-state index contributed by atoms with van der Waals surface area (Å²) in [5.41, 5.74) is 0. The van der Waals surface area contributed by atoms with Gasteiger partial charge in [-0.15, -0.1) is 11.6 Å². The molecule has 1 N–H and O–H groups in total. The van der Waals surface area contributed by atoms with E-state index in [1.54, 1.807) is 0 Å². The zero-order chi connectivity index (χ0) is 8.69. The van der Waals surface area contributed by atoms with Crippen LogP contribution < -0.4 is 5.32 Å². The fraction of sp³-hybridized carbons (Fsp3) is 1.00. The van der Waals surface area contributed by atoms with Crippen molar-refractivity contribution in [1.29, 1.82) is 0 Å². The van der Waals surface area contributed by atoms with Crippen LogP contribution in [0.25, 0.3) is 0 Å². The summed E-state index contributed by atoms with van der Waals surface area (Å²) in [7, 11) is 0. The van der Waals surface area contributed by atoms with Crippen molar-refractivity contribution in [3.05, 3.63) is 0 Å². The molecule has 1 nitrogen and oxygen atoms in total. The van der Waals surface area contributed by atoms with Crippen molar-refractivity contribution in [2.45, 2.75) is 39.7 Å². The standard InChI is InChI=1S/C9H20ClN/c1-8(2)5-7-11-9(3)4-6-10/h8-9,11H,4-7H2,1-3H3. The Labute approximate surface area is 75.5 Å². The van der Waals surface area contributed by atoms with E-state index in [2.05, 4.69) is 26.1 Å². The van der Waals surface area contributed by atoms with E-state index >= 15 is 0 Å². The maximum Gasteiger partial charge on any atom is 0.0238 e. The molecule has 0 aromatic heterocycles. The quantitative estimate of drug-likeness (QED) is 0.616. The molecule has 0 bridgehead atoms. The number of halogens is 1. The lowest BCUT2D eigenvalue weighted by Crippen LogP contribution is -2.27. The minimum absolute atomic E-state index is 0.575. The third kappa shape index (κ3) is 8.15. The highest BCUT2D eigenvalue weighted by molar-refractivity contribution is 6.17. The van der Waals surface area contributed by atoms with Gasteiger partial charge in [-0.05, 0) is 32.2 Å². The van der Waals surface area contributed by atoms with Crippen molar-refractivity contribution in [2.75, 3.05) is 12.4 Å². The Kier molecular flexibility index (Phi) is 7.09. The molecule has 0 heterocycles. The molecule has 0 aliphatic carbocycles. The molecule has 0 aliphatic rings. The van der Waals surface area contributed by atoms with Crippen molar-refractivity contribution in [3.63, 3.8) is 0 Å².